The monoisotopic (exact) mass is 473 g/mol. The summed E-state index contributed by atoms with van der Waals surface area (Å²) in [7, 11) is 0. The lowest BCUT2D eigenvalue weighted by Gasteiger charge is -2.23. The molecule has 7 heteroatoms. The summed E-state index contributed by atoms with van der Waals surface area (Å²) in [5.74, 6) is 1.39. The molecule has 1 amide bonds. The number of anilines is 1. The third-order valence-corrected chi connectivity index (χ3v) is 6.70. The largest absolute Gasteiger partial charge is 0.457 e. The van der Waals surface area contributed by atoms with Crippen molar-refractivity contribution in [2.75, 3.05) is 11.1 Å². The van der Waals surface area contributed by atoms with Crippen LogP contribution in [0, 0.1) is 0 Å². The summed E-state index contributed by atoms with van der Waals surface area (Å²) in [6.07, 6.45) is 1.07. The number of ether oxygens (including phenoxy) is 1. The molecule has 0 unspecified atom stereocenters. The molecular weight excluding hydrogens is 446 g/mol. The second-order valence-corrected chi connectivity index (χ2v) is 9.58. The smallest absolute Gasteiger partial charge is 0.259 e. The minimum absolute atomic E-state index is 0.125. The number of carbonyl (C=O) groups is 1. The van der Waals surface area contributed by atoms with E-state index in [9.17, 15) is 9.59 Å². The lowest BCUT2D eigenvalue weighted by atomic mass is 9.82. The van der Waals surface area contributed by atoms with Gasteiger partial charge in [0.05, 0.1) is 16.7 Å². The number of aromatic amines is 1. The van der Waals surface area contributed by atoms with Crippen molar-refractivity contribution in [3.8, 4) is 11.5 Å². The number of hydrogen-bond donors (Lipinski definition) is 2. The van der Waals surface area contributed by atoms with Crippen LogP contribution in [0.5, 0.6) is 11.5 Å². The summed E-state index contributed by atoms with van der Waals surface area (Å²) < 4.78 is 5.93. The van der Waals surface area contributed by atoms with Gasteiger partial charge in [0.1, 0.15) is 11.5 Å². The molecule has 174 valence electrons. The summed E-state index contributed by atoms with van der Waals surface area (Å²) >= 11 is 1.18. The summed E-state index contributed by atoms with van der Waals surface area (Å²) in [6, 6.07) is 22.5. The minimum Gasteiger partial charge on any atom is -0.457 e. The number of nitrogens with one attached hydrogen (secondary N) is 2. The summed E-state index contributed by atoms with van der Waals surface area (Å²) in [4.78, 5) is 31.6. The Labute approximate surface area is 202 Å². The first-order chi connectivity index (χ1) is 16.3. The van der Waals surface area contributed by atoms with Crippen molar-refractivity contribution in [2.24, 2.45) is 0 Å². The number of thioether (sulfide) groups is 1. The maximum absolute atomic E-state index is 12.4. The van der Waals surface area contributed by atoms with Crippen LogP contribution in [0.3, 0.4) is 0 Å². The summed E-state index contributed by atoms with van der Waals surface area (Å²) in [5.41, 5.74) is 2.47. The molecule has 1 heterocycles. The first kappa shape index (κ1) is 23.6. The number of para-hydroxylation sites is 1. The van der Waals surface area contributed by atoms with E-state index in [0.29, 0.717) is 27.5 Å². The molecule has 34 heavy (non-hydrogen) atoms. The van der Waals surface area contributed by atoms with E-state index in [1.54, 1.807) is 30.3 Å². The molecule has 0 bridgehead atoms. The van der Waals surface area contributed by atoms with E-state index in [0.717, 1.165) is 12.2 Å². The van der Waals surface area contributed by atoms with Gasteiger partial charge in [-0.1, -0.05) is 56.8 Å². The molecular formula is C27H27N3O3S. The van der Waals surface area contributed by atoms with Crippen LogP contribution in [0.2, 0.25) is 0 Å². The number of amides is 1. The van der Waals surface area contributed by atoms with E-state index >= 15 is 0 Å². The van der Waals surface area contributed by atoms with Gasteiger partial charge in [-0.3, -0.25) is 9.59 Å². The van der Waals surface area contributed by atoms with E-state index in [4.69, 9.17) is 4.74 Å². The SMILES string of the molecule is CCC(C)(C)c1ccc(Oc2ccc(NC(=O)CSc3nc4ccccc4c(=O)[nH]3)cc2)cc1. The van der Waals surface area contributed by atoms with Gasteiger partial charge in [-0.25, -0.2) is 4.98 Å². The van der Waals surface area contributed by atoms with Crippen LogP contribution in [-0.4, -0.2) is 21.6 Å². The Morgan fingerprint density at radius 1 is 1.00 bits per heavy atom. The van der Waals surface area contributed by atoms with Crippen LogP contribution in [0.25, 0.3) is 10.9 Å². The molecule has 6 nitrogen and oxygen atoms in total. The number of hydrogen-bond acceptors (Lipinski definition) is 5. The number of carbonyl (C=O) groups excluding carboxylic acids is 1. The number of fused-ring (bicyclic) bond motifs is 1. The molecule has 0 aliphatic carbocycles. The normalized spacial score (nSPS) is 11.4. The van der Waals surface area contributed by atoms with Crippen molar-refractivity contribution < 1.29 is 9.53 Å². The lowest BCUT2D eigenvalue weighted by Crippen LogP contribution is -2.15. The number of rotatable bonds is 8. The molecule has 1 aromatic heterocycles. The van der Waals surface area contributed by atoms with Crippen molar-refractivity contribution in [1.82, 2.24) is 9.97 Å². The van der Waals surface area contributed by atoms with Crippen molar-refractivity contribution in [2.45, 2.75) is 37.8 Å². The number of benzene rings is 3. The highest BCUT2D eigenvalue weighted by Gasteiger charge is 2.17. The zero-order valence-electron chi connectivity index (χ0n) is 19.4. The van der Waals surface area contributed by atoms with Gasteiger partial charge in [-0.2, -0.15) is 0 Å². The first-order valence-electron chi connectivity index (χ1n) is 11.1. The summed E-state index contributed by atoms with van der Waals surface area (Å²) in [5, 5.41) is 3.79. The molecule has 0 radical (unpaired) electrons. The van der Waals surface area contributed by atoms with Crippen LogP contribution in [0.4, 0.5) is 5.69 Å². The third kappa shape index (κ3) is 5.66. The molecule has 0 saturated carbocycles. The highest BCUT2D eigenvalue weighted by Crippen LogP contribution is 2.30. The Kier molecular flexibility index (Phi) is 7.03. The average Bonchev–Trinajstić information content (AvgIpc) is 2.84. The van der Waals surface area contributed by atoms with Gasteiger partial charge in [-0.05, 0) is 65.9 Å². The van der Waals surface area contributed by atoms with Gasteiger partial charge in [0.2, 0.25) is 5.91 Å². The predicted molar refractivity (Wildman–Crippen MR) is 138 cm³/mol. The van der Waals surface area contributed by atoms with E-state index in [2.05, 4.69) is 48.2 Å². The van der Waals surface area contributed by atoms with E-state index in [-0.39, 0.29) is 22.6 Å². The second-order valence-electron chi connectivity index (χ2n) is 8.61. The maximum atomic E-state index is 12.4. The van der Waals surface area contributed by atoms with Gasteiger partial charge < -0.3 is 15.0 Å². The fourth-order valence-corrected chi connectivity index (χ4v) is 4.05. The molecule has 0 saturated heterocycles. The lowest BCUT2D eigenvalue weighted by molar-refractivity contribution is -0.113. The molecule has 0 fully saturated rings. The average molecular weight is 474 g/mol. The highest BCUT2D eigenvalue weighted by atomic mass is 32.2. The molecule has 0 atom stereocenters. The zero-order valence-corrected chi connectivity index (χ0v) is 20.2. The second kappa shape index (κ2) is 10.1. The number of nitrogens with zero attached hydrogens (tertiary/aromatic N) is 1. The van der Waals surface area contributed by atoms with Gasteiger partial charge in [0.25, 0.3) is 5.56 Å². The van der Waals surface area contributed by atoms with Crippen LogP contribution in [0.1, 0.15) is 32.8 Å². The Bertz CT molecular complexity index is 1350. The quantitative estimate of drug-likeness (QED) is 0.237. The summed E-state index contributed by atoms with van der Waals surface area (Å²) in [6.45, 7) is 6.64. The van der Waals surface area contributed by atoms with E-state index in [1.807, 2.05) is 30.3 Å². The maximum Gasteiger partial charge on any atom is 0.259 e. The van der Waals surface area contributed by atoms with Gasteiger partial charge in [-0.15, -0.1) is 0 Å². The Balaban J connectivity index is 1.32. The Hall–Kier alpha value is -3.58. The molecule has 4 rings (SSSR count). The number of aromatic nitrogens is 2. The van der Waals surface area contributed by atoms with Crippen molar-refractivity contribution in [3.05, 3.63) is 88.7 Å². The Morgan fingerprint density at radius 3 is 2.32 bits per heavy atom. The molecule has 3 aromatic carbocycles. The van der Waals surface area contributed by atoms with Crippen LogP contribution >= 0.6 is 11.8 Å². The predicted octanol–water partition coefficient (Wildman–Crippen LogP) is 6.13. The molecule has 0 aliphatic rings. The highest BCUT2D eigenvalue weighted by molar-refractivity contribution is 7.99. The molecule has 4 aromatic rings. The standard InChI is InChI=1S/C27H27N3O3S/c1-4-27(2,3)18-9-13-20(14-10-18)33-21-15-11-19(12-16-21)28-24(31)17-34-26-29-23-8-6-5-7-22(23)25(32)30-26/h5-16H,4,17H2,1-3H3,(H,28,31)(H,29,30,32). The Morgan fingerprint density at radius 2 is 1.65 bits per heavy atom. The molecule has 0 aliphatic heterocycles. The van der Waals surface area contributed by atoms with Crippen molar-refractivity contribution in [1.29, 1.82) is 0 Å². The van der Waals surface area contributed by atoms with Crippen LogP contribution in [-0.2, 0) is 10.2 Å². The van der Waals surface area contributed by atoms with E-state index in [1.165, 1.54) is 17.3 Å². The fraction of sp³-hybridized carbons (Fsp3) is 0.222. The fourth-order valence-electron chi connectivity index (χ4n) is 3.38. The van der Waals surface area contributed by atoms with E-state index < -0.39 is 0 Å². The zero-order chi connectivity index (χ0) is 24.1. The third-order valence-electron chi connectivity index (χ3n) is 5.82. The molecule has 2 N–H and O–H groups in total. The van der Waals surface area contributed by atoms with Gasteiger partial charge in [0.15, 0.2) is 5.16 Å². The first-order valence-corrected chi connectivity index (χ1v) is 12.1. The topological polar surface area (TPSA) is 84.1 Å². The van der Waals surface area contributed by atoms with Crippen molar-refractivity contribution in [3.63, 3.8) is 0 Å². The minimum atomic E-state index is -0.215. The van der Waals surface area contributed by atoms with Crippen LogP contribution < -0.4 is 15.6 Å². The molecule has 0 spiro atoms. The van der Waals surface area contributed by atoms with Gasteiger partial charge in [0, 0.05) is 5.69 Å². The van der Waals surface area contributed by atoms with Crippen molar-refractivity contribution >= 4 is 34.3 Å². The van der Waals surface area contributed by atoms with Crippen LogP contribution in [0.15, 0.2) is 82.7 Å². The van der Waals surface area contributed by atoms with Gasteiger partial charge >= 0.3 is 0 Å². The number of H-pyrrole nitrogens is 1.